The summed E-state index contributed by atoms with van der Waals surface area (Å²) in [7, 11) is -2.29. The number of nitrogens with zero attached hydrogens (tertiary/aromatic N) is 1. The van der Waals surface area contributed by atoms with Crippen LogP contribution in [0, 0.1) is 11.8 Å². The van der Waals surface area contributed by atoms with Crippen LogP contribution in [0.4, 0.5) is 5.69 Å². The Hall–Kier alpha value is -2.55. The van der Waals surface area contributed by atoms with E-state index in [9.17, 15) is 13.2 Å². The molecule has 2 aromatic carbocycles. The molecular formula is C30H35ClN2O5S. The van der Waals surface area contributed by atoms with E-state index in [0.717, 1.165) is 49.4 Å². The maximum absolute atomic E-state index is 13.2. The molecule has 2 aromatic rings. The molecule has 9 heteroatoms. The molecule has 4 aliphatic rings. The monoisotopic (exact) mass is 570 g/mol. The van der Waals surface area contributed by atoms with Gasteiger partial charge in [0.2, 0.25) is 5.91 Å². The molecule has 1 fully saturated rings. The Labute approximate surface area is 235 Å². The lowest BCUT2D eigenvalue weighted by Crippen LogP contribution is -2.49. The van der Waals surface area contributed by atoms with Gasteiger partial charge in [0.05, 0.1) is 23.3 Å². The van der Waals surface area contributed by atoms with Crippen LogP contribution in [-0.4, -0.2) is 47.2 Å². The number of allylic oxidation sites excluding steroid dienone is 1. The number of carbonyl (C=O) groups is 1. The molecular weight excluding hydrogens is 536 g/mol. The number of hydrogen-bond acceptors (Lipinski definition) is 6. The first-order chi connectivity index (χ1) is 18.8. The van der Waals surface area contributed by atoms with Gasteiger partial charge in [-0.1, -0.05) is 29.8 Å². The van der Waals surface area contributed by atoms with E-state index >= 15 is 0 Å². The zero-order chi connectivity index (χ0) is 27.2. The summed E-state index contributed by atoms with van der Waals surface area (Å²) in [5, 5.41) is 0.741. The number of ether oxygens (including phenoxy) is 2. The molecule has 2 bridgehead atoms. The molecule has 7 nitrogen and oxygen atoms in total. The van der Waals surface area contributed by atoms with Gasteiger partial charge < -0.3 is 14.4 Å². The van der Waals surface area contributed by atoms with Gasteiger partial charge >= 0.3 is 0 Å². The van der Waals surface area contributed by atoms with Crippen molar-refractivity contribution in [2.75, 3.05) is 31.7 Å². The van der Waals surface area contributed by atoms with E-state index in [4.69, 9.17) is 21.1 Å². The maximum Gasteiger partial charge on any atom is 0.264 e. The fraction of sp³-hybridized carbons (Fsp3) is 0.500. The largest absolute Gasteiger partial charge is 0.490 e. The van der Waals surface area contributed by atoms with Crippen molar-refractivity contribution in [1.82, 2.24) is 4.72 Å². The number of sulfonamides is 1. The van der Waals surface area contributed by atoms with Gasteiger partial charge in [0, 0.05) is 37.1 Å². The topological polar surface area (TPSA) is 84.9 Å². The van der Waals surface area contributed by atoms with Crippen molar-refractivity contribution in [2.24, 2.45) is 11.8 Å². The molecule has 208 valence electrons. The van der Waals surface area contributed by atoms with Gasteiger partial charge in [-0.25, -0.2) is 13.1 Å². The third-order valence-electron chi connectivity index (χ3n) is 9.06. The van der Waals surface area contributed by atoms with Crippen molar-refractivity contribution in [3.63, 3.8) is 0 Å². The summed E-state index contributed by atoms with van der Waals surface area (Å²) in [5.41, 5.74) is 3.05. The van der Waals surface area contributed by atoms with Crippen molar-refractivity contribution in [1.29, 1.82) is 0 Å². The third kappa shape index (κ3) is 5.07. The molecule has 6 rings (SSSR count). The van der Waals surface area contributed by atoms with Gasteiger partial charge in [-0.05, 0) is 91.8 Å². The normalized spacial score (nSPS) is 30.8. The van der Waals surface area contributed by atoms with Crippen molar-refractivity contribution in [3.8, 4) is 5.75 Å². The number of amides is 1. The lowest BCUT2D eigenvalue weighted by molar-refractivity contribution is -0.119. The second-order valence-electron chi connectivity index (χ2n) is 11.4. The van der Waals surface area contributed by atoms with E-state index in [-0.39, 0.29) is 22.8 Å². The Morgan fingerprint density at radius 1 is 1.15 bits per heavy atom. The molecule has 1 amide bonds. The zero-order valence-corrected chi connectivity index (χ0v) is 23.8. The van der Waals surface area contributed by atoms with E-state index in [0.29, 0.717) is 37.2 Å². The van der Waals surface area contributed by atoms with Gasteiger partial charge in [-0.2, -0.15) is 0 Å². The molecule has 2 aliphatic heterocycles. The number of fused-ring (bicyclic) bond motifs is 4. The van der Waals surface area contributed by atoms with Crippen LogP contribution in [0.1, 0.15) is 49.7 Å². The SMILES string of the molecule is CO[C@@H]1/C=C\CCC(=O)NS(=O)(=O)c2ccc3c(c2)N(C[C@@H]2CC[C@H]21)C[C@@]1(CCCc2cc(Cl)ccc21)CO3. The number of halogens is 1. The molecule has 1 N–H and O–H groups in total. The second-order valence-corrected chi connectivity index (χ2v) is 13.6. The molecule has 0 unspecified atom stereocenters. The molecule has 0 aromatic heterocycles. The third-order valence-corrected chi connectivity index (χ3v) is 10.7. The van der Waals surface area contributed by atoms with Crippen molar-refractivity contribution in [3.05, 3.63) is 64.7 Å². The standard InChI is InChI=1S/C30H35ClN2O5S/c1-37-27-6-2-3-7-29(34)32-39(35,36)23-10-13-28-26(16-23)33(17-21-8-11-24(21)27)18-30(19-38-28)14-4-5-20-15-22(31)9-12-25(20)30/h2,6,9-10,12-13,15-16,21,24,27H,3-5,7-8,11,14,17-19H2,1H3,(H,32,34)/b6-2-/t21-,24+,27+,30-/m0/s1. The first kappa shape index (κ1) is 26.7. The van der Waals surface area contributed by atoms with Gasteiger partial charge in [0.1, 0.15) is 5.75 Å². The van der Waals surface area contributed by atoms with Gasteiger partial charge in [0.25, 0.3) is 10.0 Å². The first-order valence-electron chi connectivity index (χ1n) is 13.8. The first-order valence-corrected chi connectivity index (χ1v) is 15.7. The smallest absolute Gasteiger partial charge is 0.264 e. The Kier molecular flexibility index (Phi) is 7.14. The van der Waals surface area contributed by atoms with Crippen LogP contribution in [0.3, 0.4) is 0 Å². The van der Waals surface area contributed by atoms with Crippen LogP contribution in [0.5, 0.6) is 5.75 Å². The Balaban J connectivity index is 1.45. The average molecular weight is 571 g/mol. The maximum atomic E-state index is 13.2. The van der Waals surface area contributed by atoms with Gasteiger partial charge in [-0.15, -0.1) is 0 Å². The van der Waals surface area contributed by atoms with Crippen LogP contribution in [0.15, 0.2) is 53.4 Å². The van der Waals surface area contributed by atoms with Crippen LogP contribution >= 0.6 is 11.6 Å². The number of benzene rings is 2. The molecule has 1 spiro atoms. The summed E-state index contributed by atoms with van der Waals surface area (Å²) >= 11 is 6.37. The fourth-order valence-electron chi connectivity index (χ4n) is 6.90. The second kappa shape index (κ2) is 10.5. The molecule has 4 atom stereocenters. The number of carbonyl (C=O) groups excluding carboxylic acids is 1. The summed E-state index contributed by atoms with van der Waals surface area (Å²) in [6, 6.07) is 11.1. The number of rotatable bonds is 1. The van der Waals surface area contributed by atoms with Gasteiger partial charge in [-0.3, -0.25) is 4.79 Å². The molecule has 2 heterocycles. The highest BCUT2D eigenvalue weighted by Gasteiger charge is 2.44. The number of methoxy groups -OCH3 is 1. The zero-order valence-electron chi connectivity index (χ0n) is 22.2. The average Bonchev–Trinajstić information content (AvgIpc) is 3.04. The minimum Gasteiger partial charge on any atom is -0.490 e. The van der Waals surface area contributed by atoms with Gasteiger partial charge in [0.15, 0.2) is 0 Å². The van der Waals surface area contributed by atoms with E-state index in [2.05, 4.69) is 21.8 Å². The minimum absolute atomic E-state index is 0.0405. The summed E-state index contributed by atoms with van der Waals surface area (Å²) in [6.07, 6.45) is 9.64. The van der Waals surface area contributed by atoms with Crippen molar-refractivity contribution in [2.45, 2.75) is 61.4 Å². The predicted molar refractivity (Wildman–Crippen MR) is 151 cm³/mol. The lowest BCUT2D eigenvalue weighted by Gasteiger charge is -2.46. The quantitative estimate of drug-likeness (QED) is 0.485. The Bertz CT molecular complexity index is 1410. The number of anilines is 1. The predicted octanol–water partition coefficient (Wildman–Crippen LogP) is 5.01. The van der Waals surface area contributed by atoms with E-state index in [1.165, 1.54) is 17.2 Å². The van der Waals surface area contributed by atoms with Crippen LogP contribution in [0.2, 0.25) is 5.02 Å². The minimum atomic E-state index is -4.02. The Morgan fingerprint density at radius 3 is 2.82 bits per heavy atom. The fourth-order valence-corrected chi connectivity index (χ4v) is 8.13. The van der Waals surface area contributed by atoms with E-state index in [1.54, 1.807) is 19.2 Å². The van der Waals surface area contributed by atoms with Crippen LogP contribution in [0.25, 0.3) is 0 Å². The summed E-state index contributed by atoms with van der Waals surface area (Å²) in [6.45, 7) is 1.99. The molecule has 2 aliphatic carbocycles. The highest BCUT2D eigenvalue weighted by Crippen LogP contribution is 2.47. The molecule has 1 saturated carbocycles. The van der Waals surface area contributed by atoms with E-state index in [1.807, 2.05) is 18.2 Å². The van der Waals surface area contributed by atoms with Crippen LogP contribution < -0.4 is 14.4 Å². The van der Waals surface area contributed by atoms with Crippen molar-refractivity contribution >= 4 is 33.2 Å². The van der Waals surface area contributed by atoms with Crippen molar-refractivity contribution < 1.29 is 22.7 Å². The molecule has 0 saturated heterocycles. The number of hydrogen-bond donors (Lipinski definition) is 1. The number of aryl methyl sites for hydroxylation is 1. The number of nitrogens with one attached hydrogen (secondary N) is 1. The molecule has 39 heavy (non-hydrogen) atoms. The highest BCUT2D eigenvalue weighted by atomic mass is 35.5. The highest BCUT2D eigenvalue weighted by molar-refractivity contribution is 7.90. The summed E-state index contributed by atoms with van der Waals surface area (Å²) in [4.78, 5) is 14.9. The summed E-state index contributed by atoms with van der Waals surface area (Å²) < 4.78 is 41.0. The molecule has 0 radical (unpaired) electrons. The Morgan fingerprint density at radius 2 is 2.03 bits per heavy atom. The van der Waals surface area contributed by atoms with Crippen LogP contribution in [-0.2, 0) is 31.4 Å². The summed E-state index contributed by atoms with van der Waals surface area (Å²) in [5.74, 6) is 0.894. The van der Waals surface area contributed by atoms with E-state index < -0.39 is 15.9 Å². The lowest BCUT2D eigenvalue weighted by atomic mass is 9.68.